The lowest BCUT2D eigenvalue weighted by Crippen LogP contribution is -2.36. The highest BCUT2D eigenvalue weighted by Crippen LogP contribution is 2.11. The first kappa shape index (κ1) is 14.8. The van der Waals surface area contributed by atoms with Crippen molar-refractivity contribution in [3.63, 3.8) is 0 Å². The number of amides is 2. The lowest BCUT2D eigenvalue weighted by atomic mass is 10.1. The van der Waals surface area contributed by atoms with Gasteiger partial charge in [-0.25, -0.2) is 4.79 Å². The maximum absolute atomic E-state index is 11.9. The lowest BCUT2D eigenvalue weighted by Gasteiger charge is -2.14. The number of methoxy groups -OCH3 is 1. The van der Waals surface area contributed by atoms with Crippen molar-refractivity contribution in [3.05, 3.63) is 59.9 Å². The summed E-state index contributed by atoms with van der Waals surface area (Å²) in [6.45, 7) is 2.39. The minimum atomic E-state index is -0.206. The van der Waals surface area contributed by atoms with Crippen LogP contribution in [0.25, 0.3) is 0 Å². The third kappa shape index (κ3) is 4.49. The number of rotatable bonds is 5. The zero-order valence-electron chi connectivity index (χ0n) is 12.2. The van der Waals surface area contributed by atoms with Gasteiger partial charge in [0.25, 0.3) is 0 Å². The fourth-order valence-corrected chi connectivity index (χ4v) is 1.89. The van der Waals surface area contributed by atoms with Crippen LogP contribution in [-0.2, 0) is 6.54 Å². The number of nitrogens with zero attached hydrogens (tertiary/aromatic N) is 1. The molecule has 0 aliphatic carbocycles. The molecule has 1 aromatic carbocycles. The average molecular weight is 285 g/mol. The third-order valence-corrected chi connectivity index (χ3v) is 3.14. The Kier molecular flexibility index (Phi) is 5.15. The minimum Gasteiger partial charge on any atom is -0.497 e. The number of benzene rings is 1. The topological polar surface area (TPSA) is 63.2 Å². The lowest BCUT2D eigenvalue weighted by molar-refractivity contribution is 0.237. The Hall–Kier alpha value is -2.56. The SMILES string of the molecule is COc1ccc(CNC(=O)N[C@H](C)c2cccnc2)cc1. The molecule has 21 heavy (non-hydrogen) atoms. The van der Waals surface area contributed by atoms with Gasteiger partial charge in [0.05, 0.1) is 13.2 Å². The highest BCUT2D eigenvalue weighted by molar-refractivity contribution is 5.74. The van der Waals surface area contributed by atoms with Crippen LogP contribution >= 0.6 is 0 Å². The molecule has 0 saturated carbocycles. The Morgan fingerprint density at radius 2 is 2.05 bits per heavy atom. The molecule has 0 aliphatic heterocycles. The Morgan fingerprint density at radius 3 is 2.67 bits per heavy atom. The Bertz CT molecular complexity index is 570. The van der Waals surface area contributed by atoms with Crippen LogP contribution in [0.4, 0.5) is 4.79 Å². The van der Waals surface area contributed by atoms with Gasteiger partial charge < -0.3 is 15.4 Å². The van der Waals surface area contributed by atoms with E-state index in [0.717, 1.165) is 16.9 Å². The summed E-state index contributed by atoms with van der Waals surface area (Å²) in [4.78, 5) is 15.9. The van der Waals surface area contributed by atoms with Gasteiger partial charge in [0.15, 0.2) is 0 Å². The summed E-state index contributed by atoms with van der Waals surface area (Å²) in [5.74, 6) is 0.799. The molecule has 2 aromatic rings. The predicted octanol–water partition coefficient (Wildman–Crippen LogP) is 2.65. The van der Waals surface area contributed by atoms with Crippen molar-refractivity contribution in [1.82, 2.24) is 15.6 Å². The van der Waals surface area contributed by atoms with Crippen molar-refractivity contribution in [2.45, 2.75) is 19.5 Å². The van der Waals surface area contributed by atoms with E-state index in [1.807, 2.05) is 43.3 Å². The fourth-order valence-electron chi connectivity index (χ4n) is 1.89. The first-order valence-electron chi connectivity index (χ1n) is 6.76. The van der Waals surface area contributed by atoms with Crippen LogP contribution in [0.1, 0.15) is 24.1 Å². The van der Waals surface area contributed by atoms with Gasteiger partial charge in [-0.2, -0.15) is 0 Å². The number of urea groups is 1. The van der Waals surface area contributed by atoms with E-state index in [0.29, 0.717) is 6.54 Å². The van der Waals surface area contributed by atoms with E-state index in [9.17, 15) is 4.79 Å². The van der Waals surface area contributed by atoms with Crippen molar-refractivity contribution in [3.8, 4) is 5.75 Å². The largest absolute Gasteiger partial charge is 0.497 e. The number of pyridine rings is 1. The van der Waals surface area contributed by atoms with Crippen LogP contribution in [0.3, 0.4) is 0 Å². The summed E-state index contributed by atoms with van der Waals surface area (Å²) in [5, 5.41) is 5.70. The first-order chi connectivity index (χ1) is 10.2. The molecule has 2 amide bonds. The van der Waals surface area contributed by atoms with Crippen LogP contribution in [0.2, 0.25) is 0 Å². The summed E-state index contributed by atoms with van der Waals surface area (Å²) in [6.07, 6.45) is 3.45. The monoisotopic (exact) mass is 285 g/mol. The van der Waals surface area contributed by atoms with Crippen molar-refractivity contribution >= 4 is 6.03 Å². The van der Waals surface area contributed by atoms with Crippen molar-refractivity contribution in [2.75, 3.05) is 7.11 Å². The molecule has 0 unspecified atom stereocenters. The number of carbonyl (C=O) groups excluding carboxylic acids is 1. The van der Waals surface area contributed by atoms with E-state index in [1.54, 1.807) is 19.5 Å². The van der Waals surface area contributed by atoms with Crippen molar-refractivity contribution in [2.24, 2.45) is 0 Å². The maximum Gasteiger partial charge on any atom is 0.315 e. The highest BCUT2D eigenvalue weighted by atomic mass is 16.5. The van der Waals surface area contributed by atoms with Crippen LogP contribution < -0.4 is 15.4 Å². The van der Waals surface area contributed by atoms with Crippen molar-refractivity contribution in [1.29, 1.82) is 0 Å². The molecule has 2 rings (SSSR count). The van der Waals surface area contributed by atoms with Gasteiger partial charge in [-0.1, -0.05) is 18.2 Å². The molecule has 1 heterocycles. The van der Waals surface area contributed by atoms with Crippen LogP contribution in [0.5, 0.6) is 5.75 Å². The molecule has 0 saturated heterocycles. The van der Waals surface area contributed by atoms with Gasteiger partial charge in [-0.3, -0.25) is 4.98 Å². The molecule has 2 N–H and O–H groups in total. The molecule has 0 bridgehead atoms. The summed E-state index contributed by atoms with van der Waals surface area (Å²) >= 11 is 0. The first-order valence-corrected chi connectivity index (χ1v) is 6.76. The highest BCUT2D eigenvalue weighted by Gasteiger charge is 2.08. The molecule has 0 fully saturated rings. The zero-order chi connectivity index (χ0) is 15.1. The van der Waals surface area contributed by atoms with Crippen molar-refractivity contribution < 1.29 is 9.53 Å². The molecule has 1 aromatic heterocycles. The Labute approximate surface area is 124 Å². The average Bonchev–Trinajstić information content (AvgIpc) is 2.54. The molecule has 0 radical (unpaired) electrons. The van der Waals surface area contributed by atoms with Gasteiger partial charge >= 0.3 is 6.03 Å². The Balaban J connectivity index is 1.81. The number of nitrogens with one attached hydrogen (secondary N) is 2. The van der Waals surface area contributed by atoms with Gasteiger partial charge in [0.1, 0.15) is 5.75 Å². The van der Waals surface area contributed by atoms with Gasteiger partial charge in [-0.05, 0) is 36.2 Å². The van der Waals surface area contributed by atoms with E-state index < -0.39 is 0 Å². The molecule has 110 valence electrons. The van der Waals surface area contributed by atoms with Gasteiger partial charge in [0, 0.05) is 18.9 Å². The summed E-state index contributed by atoms with van der Waals surface area (Å²) < 4.78 is 5.09. The second-order valence-corrected chi connectivity index (χ2v) is 4.68. The molecule has 5 nitrogen and oxygen atoms in total. The number of aromatic nitrogens is 1. The molecular weight excluding hydrogens is 266 g/mol. The smallest absolute Gasteiger partial charge is 0.315 e. The summed E-state index contributed by atoms with van der Waals surface area (Å²) in [7, 11) is 1.63. The van der Waals surface area contributed by atoms with E-state index in [1.165, 1.54) is 0 Å². The van der Waals surface area contributed by atoms with E-state index in [-0.39, 0.29) is 12.1 Å². The molecular formula is C16H19N3O2. The van der Waals surface area contributed by atoms with Gasteiger partial charge in [-0.15, -0.1) is 0 Å². The van der Waals surface area contributed by atoms with Crippen LogP contribution in [-0.4, -0.2) is 18.1 Å². The van der Waals surface area contributed by atoms with Crippen LogP contribution in [0.15, 0.2) is 48.8 Å². The minimum absolute atomic E-state index is 0.0884. The predicted molar refractivity (Wildman–Crippen MR) is 81.0 cm³/mol. The van der Waals surface area contributed by atoms with Gasteiger partial charge in [0.2, 0.25) is 0 Å². The number of hydrogen-bond donors (Lipinski definition) is 2. The number of hydrogen-bond acceptors (Lipinski definition) is 3. The van der Waals surface area contributed by atoms with Crippen LogP contribution in [0, 0.1) is 0 Å². The summed E-state index contributed by atoms with van der Waals surface area (Å²) in [5.41, 5.74) is 1.98. The molecule has 0 spiro atoms. The third-order valence-electron chi connectivity index (χ3n) is 3.14. The standard InChI is InChI=1S/C16H19N3O2/c1-12(14-4-3-9-17-11-14)19-16(20)18-10-13-5-7-15(21-2)8-6-13/h3-9,11-12H,10H2,1-2H3,(H2,18,19,20)/t12-/m1/s1. The zero-order valence-corrected chi connectivity index (χ0v) is 12.2. The maximum atomic E-state index is 11.9. The normalized spacial score (nSPS) is 11.5. The molecule has 5 heteroatoms. The molecule has 0 aliphatic rings. The van der Waals surface area contributed by atoms with E-state index in [2.05, 4.69) is 15.6 Å². The molecule has 1 atom stereocenters. The number of ether oxygens (including phenoxy) is 1. The summed E-state index contributed by atoms with van der Waals surface area (Å²) in [6, 6.07) is 11.1. The second-order valence-electron chi connectivity index (χ2n) is 4.68. The Morgan fingerprint density at radius 1 is 1.29 bits per heavy atom. The number of carbonyl (C=O) groups is 1. The van der Waals surface area contributed by atoms with E-state index in [4.69, 9.17) is 4.74 Å². The second kappa shape index (κ2) is 7.28. The van der Waals surface area contributed by atoms with E-state index >= 15 is 0 Å². The quantitative estimate of drug-likeness (QED) is 0.887. The fraction of sp³-hybridized carbons (Fsp3) is 0.250.